The second-order valence-corrected chi connectivity index (χ2v) is 7.71. The van der Waals surface area contributed by atoms with Gasteiger partial charge in [0.15, 0.2) is 0 Å². The first-order chi connectivity index (χ1) is 9.36. The molecule has 1 saturated carbocycles. The van der Waals surface area contributed by atoms with Crippen LogP contribution in [0.15, 0.2) is 24.3 Å². The lowest BCUT2D eigenvalue weighted by Crippen LogP contribution is -2.25. The highest BCUT2D eigenvalue weighted by molar-refractivity contribution is 5.26. The Balaban J connectivity index is 1.94. The Morgan fingerprint density at radius 2 is 1.60 bits per heavy atom. The SMILES string of the molecule is CC(O)Cc1ccc(C2CCC(C(C)(C)C)CC2)cc1. The van der Waals surface area contributed by atoms with Crippen molar-refractivity contribution < 1.29 is 5.11 Å². The molecule has 0 saturated heterocycles. The molecule has 1 nitrogen and oxygen atoms in total. The zero-order valence-electron chi connectivity index (χ0n) is 13.5. The molecule has 0 amide bonds. The van der Waals surface area contributed by atoms with Gasteiger partial charge in [0, 0.05) is 0 Å². The molecule has 0 heterocycles. The highest BCUT2D eigenvalue weighted by atomic mass is 16.3. The average Bonchev–Trinajstić information content (AvgIpc) is 2.38. The summed E-state index contributed by atoms with van der Waals surface area (Å²) in [6.45, 7) is 8.98. The summed E-state index contributed by atoms with van der Waals surface area (Å²) < 4.78 is 0. The molecule has 1 unspecified atom stereocenters. The Morgan fingerprint density at radius 3 is 2.05 bits per heavy atom. The summed E-state index contributed by atoms with van der Waals surface area (Å²) in [6, 6.07) is 8.94. The van der Waals surface area contributed by atoms with Gasteiger partial charge in [-0.2, -0.15) is 0 Å². The third-order valence-corrected chi connectivity index (χ3v) is 4.93. The molecule has 1 N–H and O–H groups in total. The summed E-state index contributed by atoms with van der Waals surface area (Å²) in [4.78, 5) is 0. The van der Waals surface area contributed by atoms with E-state index >= 15 is 0 Å². The van der Waals surface area contributed by atoms with E-state index in [9.17, 15) is 5.11 Å². The maximum atomic E-state index is 9.43. The number of benzene rings is 1. The van der Waals surface area contributed by atoms with E-state index < -0.39 is 0 Å². The topological polar surface area (TPSA) is 20.2 Å². The van der Waals surface area contributed by atoms with E-state index in [1.807, 2.05) is 6.92 Å². The van der Waals surface area contributed by atoms with Crippen LogP contribution in [0.3, 0.4) is 0 Å². The standard InChI is InChI=1S/C19H30O/c1-14(20)13-15-5-7-16(8-6-15)17-9-11-18(12-10-17)19(2,3)4/h5-8,14,17-18,20H,9-13H2,1-4H3. The molecule has 0 aliphatic heterocycles. The summed E-state index contributed by atoms with van der Waals surface area (Å²) in [6.07, 6.45) is 5.91. The first-order valence-corrected chi connectivity index (χ1v) is 8.13. The van der Waals surface area contributed by atoms with Crippen molar-refractivity contribution in [3.63, 3.8) is 0 Å². The summed E-state index contributed by atoms with van der Waals surface area (Å²) in [7, 11) is 0. The average molecular weight is 274 g/mol. The van der Waals surface area contributed by atoms with Gasteiger partial charge in [0.05, 0.1) is 6.10 Å². The minimum absolute atomic E-state index is 0.247. The minimum atomic E-state index is -0.247. The van der Waals surface area contributed by atoms with Crippen LogP contribution in [-0.2, 0) is 6.42 Å². The molecule has 1 aliphatic rings. The Bertz CT molecular complexity index is 402. The largest absolute Gasteiger partial charge is 0.393 e. The quantitative estimate of drug-likeness (QED) is 0.828. The second kappa shape index (κ2) is 6.30. The molecule has 20 heavy (non-hydrogen) atoms. The van der Waals surface area contributed by atoms with Crippen molar-refractivity contribution in [2.24, 2.45) is 11.3 Å². The molecular formula is C19H30O. The summed E-state index contributed by atoms with van der Waals surface area (Å²) >= 11 is 0. The van der Waals surface area contributed by atoms with Crippen LogP contribution in [0.5, 0.6) is 0 Å². The molecule has 0 bridgehead atoms. The van der Waals surface area contributed by atoms with Crippen molar-refractivity contribution >= 4 is 0 Å². The summed E-state index contributed by atoms with van der Waals surface area (Å²) in [5.74, 6) is 1.63. The zero-order chi connectivity index (χ0) is 14.8. The van der Waals surface area contributed by atoms with Gasteiger partial charge in [-0.15, -0.1) is 0 Å². The third-order valence-electron chi connectivity index (χ3n) is 4.93. The van der Waals surface area contributed by atoms with Crippen molar-refractivity contribution in [3.05, 3.63) is 35.4 Å². The molecule has 1 aliphatic carbocycles. The number of hydrogen-bond donors (Lipinski definition) is 1. The molecule has 1 aromatic rings. The van der Waals surface area contributed by atoms with Gasteiger partial charge in [-0.25, -0.2) is 0 Å². The van der Waals surface area contributed by atoms with Crippen molar-refractivity contribution in [2.45, 2.75) is 71.8 Å². The van der Waals surface area contributed by atoms with E-state index in [1.165, 1.54) is 36.8 Å². The lowest BCUT2D eigenvalue weighted by Gasteiger charge is -2.37. The highest BCUT2D eigenvalue weighted by Gasteiger charge is 2.30. The lowest BCUT2D eigenvalue weighted by atomic mass is 9.68. The van der Waals surface area contributed by atoms with Crippen LogP contribution >= 0.6 is 0 Å². The van der Waals surface area contributed by atoms with E-state index in [4.69, 9.17) is 0 Å². The molecule has 1 atom stereocenters. The number of aliphatic hydroxyl groups is 1. The van der Waals surface area contributed by atoms with Crippen LogP contribution in [0.2, 0.25) is 0 Å². The number of hydrogen-bond acceptors (Lipinski definition) is 1. The summed E-state index contributed by atoms with van der Waals surface area (Å²) in [5.41, 5.74) is 3.20. The van der Waals surface area contributed by atoms with Gasteiger partial charge in [-0.1, -0.05) is 45.0 Å². The maximum Gasteiger partial charge on any atom is 0.0552 e. The molecule has 2 rings (SSSR count). The monoisotopic (exact) mass is 274 g/mol. The van der Waals surface area contributed by atoms with Crippen molar-refractivity contribution in [3.8, 4) is 0 Å². The number of aliphatic hydroxyl groups excluding tert-OH is 1. The van der Waals surface area contributed by atoms with E-state index in [0.29, 0.717) is 5.41 Å². The van der Waals surface area contributed by atoms with E-state index in [-0.39, 0.29) is 6.10 Å². The van der Waals surface area contributed by atoms with Gasteiger partial charge in [0.1, 0.15) is 0 Å². The van der Waals surface area contributed by atoms with Crippen LogP contribution < -0.4 is 0 Å². The van der Waals surface area contributed by atoms with Crippen molar-refractivity contribution in [1.82, 2.24) is 0 Å². The predicted molar refractivity (Wildman–Crippen MR) is 86.0 cm³/mol. The van der Waals surface area contributed by atoms with Crippen LogP contribution in [-0.4, -0.2) is 11.2 Å². The molecule has 0 spiro atoms. The molecule has 0 aromatic heterocycles. The van der Waals surface area contributed by atoms with Gasteiger partial charge in [-0.3, -0.25) is 0 Å². The van der Waals surface area contributed by atoms with Crippen LogP contribution in [0.25, 0.3) is 0 Å². The smallest absolute Gasteiger partial charge is 0.0552 e. The molecular weight excluding hydrogens is 244 g/mol. The predicted octanol–water partition coefficient (Wildman–Crippen LogP) is 4.93. The first-order valence-electron chi connectivity index (χ1n) is 8.13. The van der Waals surface area contributed by atoms with Gasteiger partial charge in [0.2, 0.25) is 0 Å². The third kappa shape index (κ3) is 4.09. The van der Waals surface area contributed by atoms with Gasteiger partial charge in [0.25, 0.3) is 0 Å². The van der Waals surface area contributed by atoms with Crippen molar-refractivity contribution in [2.75, 3.05) is 0 Å². The Labute approximate surface area is 124 Å². The zero-order valence-corrected chi connectivity index (χ0v) is 13.5. The number of rotatable bonds is 3. The molecule has 1 fully saturated rings. The molecule has 0 radical (unpaired) electrons. The molecule has 112 valence electrons. The van der Waals surface area contributed by atoms with E-state index in [2.05, 4.69) is 45.0 Å². The van der Waals surface area contributed by atoms with Gasteiger partial charge in [-0.05, 0) is 67.4 Å². The Hall–Kier alpha value is -0.820. The van der Waals surface area contributed by atoms with E-state index in [1.54, 1.807) is 0 Å². The van der Waals surface area contributed by atoms with Crippen LogP contribution in [0.1, 0.15) is 70.4 Å². The fourth-order valence-electron chi connectivity index (χ4n) is 3.56. The fraction of sp³-hybridized carbons (Fsp3) is 0.684. The van der Waals surface area contributed by atoms with Gasteiger partial charge < -0.3 is 5.11 Å². The Morgan fingerprint density at radius 1 is 1.05 bits per heavy atom. The minimum Gasteiger partial charge on any atom is -0.393 e. The van der Waals surface area contributed by atoms with Crippen molar-refractivity contribution in [1.29, 1.82) is 0 Å². The van der Waals surface area contributed by atoms with Crippen LogP contribution in [0.4, 0.5) is 0 Å². The highest BCUT2D eigenvalue weighted by Crippen LogP contribution is 2.43. The maximum absolute atomic E-state index is 9.43. The molecule has 1 aromatic carbocycles. The van der Waals surface area contributed by atoms with Crippen LogP contribution in [0, 0.1) is 11.3 Å². The normalized spacial score (nSPS) is 25.4. The summed E-state index contributed by atoms with van der Waals surface area (Å²) in [5, 5.41) is 9.43. The van der Waals surface area contributed by atoms with Gasteiger partial charge >= 0.3 is 0 Å². The Kier molecular flexibility index (Phi) is 4.90. The first kappa shape index (κ1) is 15.6. The second-order valence-electron chi connectivity index (χ2n) is 7.71. The molecule has 1 heteroatoms. The fourth-order valence-corrected chi connectivity index (χ4v) is 3.56. The lowest BCUT2D eigenvalue weighted by molar-refractivity contribution is 0.169. The van der Waals surface area contributed by atoms with E-state index in [0.717, 1.165) is 18.3 Å².